The number of rotatable bonds is 3. The normalized spacial score (nSPS) is 22.9. The maximum absolute atomic E-state index is 5.99. The van der Waals surface area contributed by atoms with Crippen LogP contribution < -0.4 is 0 Å². The molecule has 2 rings (SSSR count). The van der Waals surface area contributed by atoms with E-state index in [1.54, 1.807) is 0 Å². The fraction of sp³-hybridized carbons (Fsp3) is 0.538. The lowest BCUT2D eigenvalue weighted by atomic mass is 10.2. The van der Waals surface area contributed by atoms with Gasteiger partial charge in [0.2, 0.25) is 0 Å². The van der Waals surface area contributed by atoms with E-state index >= 15 is 0 Å². The number of nitrogens with zero attached hydrogens (tertiary/aromatic N) is 1. The number of hydrogen-bond donors (Lipinski definition) is 0. The summed E-state index contributed by atoms with van der Waals surface area (Å²) in [5.41, 5.74) is 1.35. The fourth-order valence-electron chi connectivity index (χ4n) is 2.05. The lowest BCUT2D eigenvalue weighted by Gasteiger charge is -2.27. The van der Waals surface area contributed by atoms with Crippen molar-refractivity contribution in [2.75, 3.05) is 25.6 Å². The molecule has 1 saturated heterocycles. The van der Waals surface area contributed by atoms with Crippen LogP contribution in [0.5, 0.6) is 0 Å². The summed E-state index contributed by atoms with van der Waals surface area (Å²) in [4.78, 5) is 2.43. The molecule has 0 bridgehead atoms. The van der Waals surface area contributed by atoms with Crippen LogP contribution in [0.2, 0.25) is 0 Å². The van der Waals surface area contributed by atoms with E-state index in [0.29, 0.717) is 11.9 Å². The molecule has 0 radical (unpaired) electrons. The predicted octanol–water partition coefficient (Wildman–Crippen LogP) is 2.52. The van der Waals surface area contributed by atoms with Crippen molar-refractivity contribution in [3.63, 3.8) is 0 Å². The van der Waals surface area contributed by atoms with Crippen molar-refractivity contribution in [3.05, 3.63) is 35.9 Å². The van der Waals surface area contributed by atoms with Crippen LogP contribution in [0.15, 0.2) is 30.3 Å². The van der Waals surface area contributed by atoms with E-state index in [1.165, 1.54) is 5.56 Å². The lowest BCUT2D eigenvalue weighted by molar-refractivity contribution is 0.107. The van der Waals surface area contributed by atoms with E-state index < -0.39 is 0 Å². The molecule has 1 aliphatic rings. The fourth-order valence-corrected chi connectivity index (χ4v) is 2.33. The second-order valence-electron chi connectivity index (χ2n) is 4.19. The maximum atomic E-state index is 5.99. The topological polar surface area (TPSA) is 12.5 Å². The minimum atomic E-state index is 0.351. The highest BCUT2D eigenvalue weighted by Gasteiger charge is 2.20. The van der Waals surface area contributed by atoms with E-state index in [0.717, 1.165) is 32.7 Å². The third kappa shape index (κ3) is 3.21. The Morgan fingerprint density at radius 2 is 2.12 bits per heavy atom. The molecule has 0 saturated carbocycles. The Kier molecular flexibility index (Phi) is 4.64. The molecule has 88 valence electrons. The van der Waals surface area contributed by atoms with E-state index in [1.807, 2.05) is 6.07 Å². The third-order valence-corrected chi connectivity index (χ3v) is 3.32. The van der Waals surface area contributed by atoms with Crippen LogP contribution >= 0.6 is 11.6 Å². The van der Waals surface area contributed by atoms with Crippen LogP contribution in [0.25, 0.3) is 0 Å². The van der Waals surface area contributed by atoms with Gasteiger partial charge in [-0.2, -0.15) is 0 Å². The Labute approximate surface area is 102 Å². The summed E-state index contributed by atoms with van der Waals surface area (Å²) in [6.45, 7) is 3.67. The van der Waals surface area contributed by atoms with Gasteiger partial charge >= 0.3 is 0 Å². The van der Waals surface area contributed by atoms with Gasteiger partial charge in [-0.05, 0) is 12.0 Å². The van der Waals surface area contributed by atoms with E-state index in [9.17, 15) is 0 Å². The highest BCUT2D eigenvalue weighted by Crippen LogP contribution is 2.13. The predicted molar refractivity (Wildman–Crippen MR) is 66.8 cm³/mol. The molecule has 1 fully saturated rings. The van der Waals surface area contributed by atoms with E-state index in [4.69, 9.17) is 16.3 Å². The number of ether oxygens (including phenoxy) is 1. The van der Waals surface area contributed by atoms with Gasteiger partial charge < -0.3 is 4.74 Å². The highest BCUT2D eigenvalue weighted by molar-refractivity contribution is 6.18. The van der Waals surface area contributed by atoms with Crippen LogP contribution in [0, 0.1) is 0 Å². The van der Waals surface area contributed by atoms with Crippen molar-refractivity contribution in [1.82, 2.24) is 4.90 Å². The summed E-state index contributed by atoms with van der Waals surface area (Å²) in [6.07, 6.45) is 1.10. The molecule has 0 unspecified atom stereocenters. The van der Waals surface area contributed by atoms with Gasteiger partial charge in [-0.25, -0.2) is 0 Å². The molecule has 0 aromatic heterocycles. The zero-order valence-electron chi connectivity index (χ0n) is 9.44. The van der Waals surface area contributed by atoms with E-state index in [2.05, 4.69) is 29.2 Å². The van der Waals surface area contributed by atoms with Crippen LogP contribution in [0.4, 0.5) is 0 Å². The van der Waals surface area contributed by atoms with Crippen LogP contribution in [0.1, 0.15) is 12.0 Å². The SMILES string of the molecule is ClC[C@@H]1COCCCN1Cc1ccccc1. The summed E-state index contributed by atoms with van der Waals surface area (Å²) in [5, 5.41) is 0. The van der Waals surface area contributed by atoms with Gasteiger partial charge in [0, 0.05) is 31.6 Å². The maximum Gasteiger partial charge on any atom is 0.0633 e. The summed E-state index contributed by atoms with van der Waals surface area (Å²) in [5.74, 6) is 0.646. The number of hydrogen-bond acceptors (Lipinski definition) is 2. The molecule has 0 spiro atoms. The molecule has 3 heteroatoms. The second kappa shape index (κ2) is 6.24. The largest absolute Gasteiger partial charge is 0.380 e. The van der Waals surface area contributed by atoms with Crippen LogP contribution in [-0.2, 0) is 11.3 Å². The average molecular weight is 240 g/mol. The standard InChI is InChI=1S/C13H18ClNO/c14-9-13-11-16-8-4-7-15(13)10-12-5-2-1-3-6-12/h1-3,5-6,13H,4,7-11H2/t13-/m1/s1. The number of alkyl halides is 1. The Morgan fingerprint density at radius 1 is 1.31 bits per heavy atom. The summed E-state index contributed by atoms with van der Waals surface area (Å²) in [7, 11) is 0. The number of benzene rings is 1. The Morgan fingerprint density at radius 3 is 2.88 bits per heavy atom. The van der Waals surface area contributed by atoms with Gasteiger partial charge in [0.05, 0.1) is 6.61 Å². The molecule has 1 aromatic carbocycles. The Bertz CT molecular complexity index is 304. The highest BCUT2D eigenvalue weighted by atomic mass is 35.5. The molecule has 16 heavy (non-hydrogen) atoms. The summed E-state index contributed by atoms with van der Waals surface area (Å²) in [6, 6.07) is 10.9. The first kappa shape index (κ1) is 11.9. The van der Waals surface area contributed by atoms with Gasteiger partial charge in [-0.3, -0.25) is 4.90 Å². The summed E-state index contributed by atoms with van der Waals surface area (Å²) >= 11 is 5.99. The zero-order valence-corrected chi connectivity index (χ0v) is 10.2. The van der Waals surface area contributed by atoms with Crippen molar-refractivity contribution in [1.29, 1.82) is 0 Å². The van der Waals surface area contributed by atoms with Crippen molar-refractivity contribution < 1.29 is 4.74 Å². The molecule has 1 aromatic rings. The van der Waals surface area contributed by atoms with Gasteiger partial charge in [0.25, 0.3) is 0 Å². The molecule has 0 amide bonds. The van der Waals surface area contributed by atoms with Gasteiger partial charge in [-0.15, -0.1) is 11.6 Å². The van der Waals surface area contributed by atoms with Crippen LogP contribution in [0.3, 0.4) is 0 Å². The van der Waals surface area contributed by atoms with Gasteiger partial charge in [-0.1, -0.05) is 30.3 Å². The zero-order chi connectivity index (χ0) is 11.2. The van der Waals surface area contributed by atoms with Gasteiger partial charge in [0.1, 0.15) is 0 Å². The van der Waals surface area contributed by atoms with Crippen molar-refractivity contribution in [2.45, 2.75) is 19.0 Å². The molecule has 0 N–H and O–H groups in total. The minimum Gasteiger partial charge on any atom is -0.380 e. The minimum absolute atomic E-state index is 0.351. The first-order valence-electron chi connectivity index (χ1n) is 5.82. The average Bonchev–Trinajstić information content (AvgIpc) is 2.55. The number of halogens is 1. The molecule has 1 heterocycles. The Hall–Kier alpha value is -0.570. The Balaban J connectivity index is 2.00. The molecular weight excluding hydrogens is 222 g/mol. The van der Waals surface area contributed by atoms with Crippen molar-refractivity contribution >= 4 is 11.6 Å². The van der Waals surface area contributed by atoms with E-state index in [-0.39, 0.29) is 0 Å². The quantitative estimate of drug-likeness (QED) is 0.752. The summed E-state index contributed by atoms with van der Waals surface area (Å²) < 4.78 is 5.54. The second-order valence-corrected chi connectivity index (χ2v) is 4.50. The monoisotopic (exact) mass is 239 g/mol. The lowest BCUT2D eigenvalue weighted by Crippen LogP contribution is -2.38. The van der Waals surface area contributed by atoms with Gasteiger partial charge in [0.15, 0.2) is 0 Å². The molecular formula is C13H18ClNO. The first-order chi connectivity index (χ1) is 7.90. The first-order valence-corrected chi connectivity index (χ1v) is 6.35. The molecule has 0 aliphatic carbocycles. The molecule has 1 atom stereocenters. The third-order valence-electron chi connectivity index (χ3n) is 2.97. The smallest absolute Gasteiger partial charge is 0.0633 e. The molecule has 1 aliphatic heterocycles. The molecule has 2 nitrogen and oxygen atoms in total. The van der Waals surface area contributed by atoms with Crippen molar-refractivity contribution in [3.8, 4) is 0 Å². The van der Waals surface area contributed by atoms with Crippen LogP contribution in [-0.4, -0.2) is 36.6 Å². The van der Waals surface area contributed by atoms with Crippen molar-refractivity contribution in [2.24, 2.45) is 0 Å².